The van der Waals surface area contributed by atoms with E-state index in [4.69, 9.17) is 9.47 Å². The van der Waals surface area contributed by atoms with Crippen molar-refractivity contribution in [3.8, 4) is 11.5 Å². The maximum absolute atomic E-state index is 13.1. The minimum Gasteiger partial charge on any atom is -0.493 e. The molecule has 0 radical (unpaired) electrons. The van der Waals surface area contributed by atoms with Crippen molar-refractivity contribution in [2.45, 2.75) is 25.6 Å². The highest BCUT2D eigenvalue weighted by atomic mass is 16.5. The molecule has 2 aromatic rings. The average molecular weight is 380 g/mol. The van der Waals surface area contributed by atoms with Crippen LogP contribution in [-0.2, 0) is 16.1 Å². The van der Waals surface area contributed by atoms with Gasteiger partial charge in [-0.15, -0.1) is 0 Å². The monoisotopic (exact) mass is 380 g/mol. The zero-order chi connectivity index (χ0) is 19.8. The fraction of sp³-hybridized carbons (Fsp3) is 0.300. The number of nitrogens with zero attached hydrogens (tertiary/aromatic N) is 4. The Morgan fingerprint density at radius 1 is 1.00 bits per heavy atom. The van der Waals surface area contributed by atoms with E-state index in [2.05, 4.69) is 10.3 Å². The first-order valence-electron chi connectivity index (χ1n) is 8.87. The Labute approximate surface area is 162 Å². The smallest absolute Gasteiger partial charge is 0.263 e. The van der Waals surface area contributed by atoms with Gasteiger partial charge in [0.2, 0.25) is 0 Å². The summed E-state index contributed by atoms with van der Waals surface area (Å²) in [5.41, 5.74) is 2.55. The summed E-state index contributed by atoms with van der Waals surface area (Å²) in [7, 11) is 3.03. The van der Waals surface area contributed by atoms with Crippen LogP contribution in [-0.4, -0.2) is 43.1 Å². The van der Waals surface area contributed by atoms with E-state index in [9.17, 15) is 9.59 Å². The van der Waals surface area contributed by atoms with Crippen molar-refractivity contribution in [3.63, 3.8) is 0 Å². The minimum absolute atomic E-state index is 0.346. The summed E-state index contributed by atoms with van der Waals surface area (Å²) in [5.74, 6) is 0.224. The highest BCUT2D eigenvalue weighted by Crippen LogP contribution is 2.37. The number of hydrogen-bond donors (Lipinski definition) is 0. The topological polar surface area (TPSA) is 83.8 Å². The van der Waals surface area contributed by atoms with Crippen LogP contribution in [0, 0.1) is 6.92 Å². The molecule has 2 heterocycles. The van der Waals surface area contributed by atoms with Gasteiger partial charge in [0, 0.05) is 6.07 Å². The zero-order valence-electron chi connectivity index (χ0n) is 15.8. The number of anilines is 1. The largest absolute Gasteiger partial charge is 0.493 e. The molecule has 0 aliphatic carbocycles. The van der Waals surface area contributed by atoms with Crippen molar-refractivity contribution in [2.75, 3.05) is 19.1 Å². The lowest BCUT2D eigenvalue weighted by atomic mass is 10.1. The van der Waals surface area contributed by atoms with Crippen LogP contribution in [0.4, 0.5) is 5.69 Å². The van der Waals surface area contributed by atoms with Gasteiger partial charge in [-0.1, -0.05) is 29.5 Å². The molecule has 0 N–H and O–H groups in total. The normalized spacial score (nSPS) is 20.7. The van der Waals surface area contributed by atoms with Crippen LogP contribution in [0.3, 0.4) is 0 Å². The van der Waals surface area contributed by atoms with Crippen LogP contribution in [0.2, 0.25) is 0 Å². The third-order valence-corrected chi connectivity index (χ3v) is 5.08. The Hall–Kier alpha value is -3.42. The number of methoxy groups -OCH3 is 2. The second kappa shape index (κ2) is 6.95. The van der Waals surface area contributed by atoms with E-state index in [1.54, 1.807) is 23.2 Å². The minimum atomic E-state index is -0.829. The number of benzene rings is 2. The molecular formula is C20H20N4O4. The SMILES string of the molecule is COc1ccc(N2C(=O)C3N=NN(Cc4ccccc4C)C3C2=O)cc1OC. The van der Waals surface area contributed by atoms with Gasteiger partial charge in [-0.05, 0) is 30.2 Å². The third kappa shape index (κ3) is 2.77. The standard InChI is InChI=1S/C20H20N4O4/c1-12-6-4-5-7-13(12)11-23-18-17(21-22-23)19(25)24(20(18)26)14-8-9-15(27-2)16(10-14)28-3/h4-10,17-18H,11H2,1-3H3. The molecule has 2 amide bonds. The average Bonchev–Trinajstić information content (AvgIpc) is 3.23. The number of carbonyl (C=O) groups is 2. The molecular weight excluding hydrogens is 360 g/mol. The van der Waals surface area contributed by atoms with Crippen LogP contribution in [0.15, 0.2) is 52.8 Å². The molecule has 0 aromatic heterocycles. The number of aryl methyl sites for hydroxylation is 1. The highest BCUT2D eigenvalue weighted by molar-refractivity contribution is 6.25. The molecule has 8 heteroatoms. The van der Waals surface area contributed by atoms with Gasteiger partial charge in [-0.25, -0.2) is 4.90 Å². The van der Waals surface area contributed by atoms with Crippen LogP contribution in [0.5, 0.6) is 11.5 Å². The summed E-state index contributed by atoms with van der Waals surface area (Å²) in [6.45, 7) is 2.41. The van der Waals surface area contributed by atoms with Crippen LogP contribution in [0.25, 0.3) is 0 Å². The molecule has 1 fully saturated rings. The van der Waals surface area contributed by atoms with Crippen LogP contribution < -0.4 is 14.4 Å². The van der Waals surface area contributed by atoms with E-state index in [0.29, 0.717) is 23.7 Å². The van der Waals surface area contributed by atoms with Gasteiger partial charge < -0.3 is 9.47 Å². The molecule has 0 spiro atoms. The fourth-order valence-corrected chi connectivity index (χ4v) is 3.53. The van der Waals surface area contributed by atoms with Gasteiger partial charge in [0.05, 0.1) is 26.5 Å². The van der Waals surface area contributed by atoms with Crippen molar-refractivity contribution in [3.05, 3.63) is 53.6 Å². The van der Waals surface area contributed by atoms with E-state index in [0.717, 1.165) is 16.0 Å². The maximum Gasteiger partial charge on any atom is 0.263 e. The van der Waals surface area contributed by atoms with Gasteiger partial charge >= 0.3 is 0 Å². The van der Waals surface area contributed by atoms with E-state index in [1.165, 1.54) is 14.2 Å². The van der Waals surface area contributed by atoms with Crippen LogP contribution >= 0.6 is 0 Å². The second-order valence-electron chi connectivity index (χ2n) is 6.67. The van der Waals surface area contributed by atoms with Gasteiger partial charge in [0.25, 0.3) is 11.8 Å². The predicted molar refractivity (Wildman–Crippen MR) is 101 cm³/mol. The van der Waals surface area contributed by atoms with Gasteiger partial charge in [-0.3, -0.25) is 14.6 Å². The number of hydrogen-bond acceptors (Lipinski definition) is 7. The van der Waals surface area contributed by atoms with Crippen LogP contribution in [0.1, 0.15) is 11.1 Å². The van der Waals surface area contributed by atoms with Gasteiger partial charge in [0.1, 0.15) is 0 Å². The number of fused-ring (bicyclic) bond motifs is 1. The molecule has 28 heavy (non-hydrogen) atoms. The molecule has 2 aromatic carbocycles. The quantitative estimate of drug-likeness (QED) is 0.744. The Bertz CT molecular complexity index is 974. The van der Waals surface area contributed by atoms with Crippen molar-refractivity contribution in [1.29, 1.82) is 0 Å². The van der Waals surface area contributed by atoms with Gasteiger partial charge in [0.15, 0.2) is 23.6 Å². The van der Waals surface area contributed by atoms with Crippen molar-refractivity contribution in [2.24, 2.45) is 10.3 Å². The zero-order valence-corrected chi connectivity index (χ0v) is 15.8. The lowest BCUT2D eigenvalue weighted by molar-refractivity contribution is -0.123. The molecule has 2 atom stereocenters. The number of imide groups is 1. The molecule has 1 saturated heterocycles. The molecule has 0 saturated carbocycles. The first-order valence-corrected chi connectivity index (χ1v) is 8.87. The predicted octanol–water partition coefficient (Wildman–Crippen LogP) is 2.51. The summed E-state index contributed by atoms with van der Waals surface area (Å²) < 4.78 is 10.5. The van der Waals surface area contributed by atoms with Crippen molar-refractivity contribution in [1.82, 2.24) is 5.01 Å². The molecule has 8 nitrogen and oxygen atoms in total. The Morgan fingerprint density at radius 3 is 2.46 bits per heavy atom. The molecule has 2 unspecified atom stereocenters. The van der Waals surface area contributed by atoms with E-state index in [-0.39, 0.29) is 5.91 Å². The van der Waals surface area contributed by atoms with E-state index in [1.807, 2.05) is 31.2 Å². The first-order chi connectivity index (χ1) is 13.5. The number of rotatable bonds is 5. The molecule has 2 aliphatic rings. The number of ether oxygens (including phenoxy) is 2. The molecule has 0 bridgehead atoms. The molecule has 144 valence electrons. The Kier molecular flexibility index (Phi) is 4.46. The maximum atomic E-state index is 13.1. The molecule has 2 aliphatic heterocycles. The Morgan fingerprint density at radius 2 is 1.75 bits per heavy atom. The summed E-state index contributed by atoms with van der Waals surface area (Å²) in [6.07, 6.45) is 0. The number of amides is 2. The molecule has 4 rings (SSSR count). The number of carbonyl (C=O) groups excluding carboxylic acids is 2. The first kappa shape index (κ1) is 18.0. The lowest BCUT2D eigenvalue weighted by Crippen LogP contribution is -2.39. The second-order valence-corrected chi connectivity index (χ2v) is 6.67. The Balaban J connectivity index is 1.62. The highest BCUT2D eigenvalue weighted by Gasteiger charge is 2.54. The lowest BCUT2D eigenvalue weighted by Gasteiger charge is -2.21. The van der Waals surface area contributed by atoms with Crippen molar-refractivity contribution >= 4 is 17.5 Å². The summed E-state index contributed by atoms with van der Waals surface area (Å²) in [6, 6.07) is 11.2. The third-order valence-electron chi connectivity index (χ3n) is 5.08. The van der Waals surface area contributed by atoms with Gasteiger partial charge in [-0.2, -0.15) is 5.11 Å². The van der Waals surface area contributed by atoms with Crippen molar-refractivity contribution < 1.29 is 19.1 Å². The summed E-state index contributed by atoms with van der Waals surface area (Å²) in [4.78, 5) is 27.1. The summed E-state index contributed by atoms with van der Waals surface area (Å²) in [5, 5.41) is 9.75. The summed E-state index contributed by atoms with van der Waals surface area (Å²) >= 11 is 0. The fourth-order valence-electron chi connectivity index (χ4n) is 3.53. The van der Waals surface area contributed by atoms with E-state index < -0.39 is 18.0 Å². The van der Waals surface area contributed by atoms with E-state index >= 15 is 0 Å².